The lowest BCUT2D eigenvalue weighted by atomic mass is 10.1. The molecular formula is C12H13NO2. The zero-order valence-electron chi connectivity index (χ0n) is 8.60. The van der Waals surface area contributed by atoms with Gasteiger partial charge in [0.2, 0.25) is 5.88 Å². The van der Waals surface area contributed by atoms with E-state index in [0.717, 1.165) is 16.3 Å². The molecule has 1 aromatic heterocycles. The number of pyridine rings is 1. The Morgan fingerprint density at radius 1 is 1.33 bits per heavy atom. The summed E-state index contributed by atoms with van der Waals surface area (Å²) in [4.78, 5) is 4.13. The Bertz CT molecular complexity index is 468. The second kappa shape index (κ2) is 4.28. The molecule has 0 amide bonds. The molecule has 0 radical (unpaired) electrons. The van der Waals surface area contributed by atoms with Gasteiger partial charge in [-0.25, -0.2) is 4.98 Å². The van der Waals surface area contributed by atoms with E-state index >= 15 is 0 Å². The maximum absolute atomic E-state index is 8.86. The van der Waals surface area contributed by atoms with E-state index in [2.05, 4.69) is 11.1 Å². The van der Waals surface area contributed by atoms with Crippen molar-refractivity contribution < 1.29 is 9.84 Å². The second-order valence-corrected chi connectivity index (χ2v) is 3.35. The van der Waals surface area contributed by atoms with Crippen molar-refractivity contribution in [1.29, 1.82) is 0 Å². The molecule has 3 heteroatoms. The molecule has 0 fully saturated rings. The van der Waals surface area contributed by atoms with Crippen molar-refractivity contribution in [3.8, 4) is 5.88 Å². The third-order valence-electron chi connectivity index (χ3n) is 2.39. The molecule has 2 rings (SSSR count). The molecule has 0 aliphatic heterocycles. The van der Waals surface area contributed by atoms with Gasteiger partial charge < -0.3 is 9.84 Å². The number of aromatic nitrogens is 1. The Morgan fingerprint density at radius 2 is 2.20 bits per heavy atom. The number of aliphatic hydroxyl groups is 1. The summed E-state index contributed by atoms with van der Waals surface area (Å²) in [7, 11) is 1.61. The van der Waals surface area contributed by atoms with E-state index < -0.39 is 0 Å². The lowest BCUT2D eigenvalue weighted by molar-refractivity contribution is 0.299. The van der Waals surface area contributed by atoms with Gasteiger partial charge in [0.25, 0.3) is 0 Å². The summed E-state index contributed by atoms with van der Waals surface area (Å²) in [5.74, 6) is 0.642. The summed E-state index contributed by atoms with van der Waals surface area (Å²) < 4.78 is 5.17. The van der Waals surface area contributed by atoms with Crippen LogP contribution in [0.3, 0.4) is 0 Å². The fraction of sp³-hybridized carbons (Fsp3) is 0.250. The Labute approximate surface area is 88.3 Å². The van der Waals surface area contributed by atoms with Crippen LogP contribution in [0.15, 0.2) is 30.5 Å². The summed E-state index contributed by atoms with van der Waals surface area (Å²) in [6.07, 6.45) is 2.41. The molecule has 0 saturated heterocycles. The number of benzene rings is 1. The van der Waals surface area contributed by atoms with Crippen LogP contribution in [0, 0.1) is 0 Å². The van der Waals surface area contributed by atoms with Crippen LogP contribution >= 0.6 is 0 Å². The smallest absolute Gasteiger partial charge is 0.221 e. The van der Waals surface area contributed by atoms with E-state index in [0.29, 0.717) is 12.3 Å². The quantitative estimate of drug-likeness (QED) is 0.826. The summed E-state index contributed by atoms with van der Waals surface area (Å²) in [6.45, 7) is 0.174. The maximum atomic E-state index is 8.86. The fourth-order valence-corrected chi connectivity index (χ4v) is 1.65. The number of aliphatic hydroxyl groups excluding tert-OH is 1. The average molecular weight is 203 g/mol. The summed E-state index contributed by atoms with van der Waals surface area (Å²) >= 11 is 0. The van der Waals surface area contributed by atoms with E-state index in [1.54, 1.807) is 13.3 Å². The fourth-order valence-electron chi connectivity index (χ4n) is 1.65. The minimum Gasteiger partial charge on any atom is -0.481 e. The Morgan fingerprint density at radius 3 is 2.93 bits per heavy atom. The van der Waals surface area contributed by atoms with Crippen molar-refractivity contribution in [2.75, 3.05) is 13.7 Å². The van der Waals surface area contributed by atoms with Crippen LogP contribution in [-0.4, -0.2) is 23.8 Å². The molecule has 1 N–H and O–H groups in total. The molecule has 0 aliphatic carbocycles. The monoisotopic (exact) mass is 203 g/mol. The number of rotatable bonds is 3. The van der Waals surface area contributed by atoms with Gasteiger partial charge in [-0.2, -0.15) is 0 Å². The molecule has 0 atom stereocenters. The van der Waals surface area contributed by atoms with Crippen molar-refractivity contribution in [2.24, 2.45) is 0 Å². The largest absolute Gasteiger partial charge is 0.481 e. The van der Waals surface area contributed by atoms with Gasteiger partial charge in [-0.1, -0.05) is 12.1 Å². The second-order valence-electron chi connectivity index (χ2n) is 3.35. The van der Waals surface area contributed by atoms with Gasteiger partial charge in [0.05, 0.1) is 7.11 Å². The predicted octanol–water partition coefficient (Wildman–Crippen LogP) is 1.78. The van der Waals surface area contributed by atoms with Crippen LogP contribution in [0.5, 0.6) is 5.88 Å². The Balaban J connectivity index is 2.53. The molecule has 0 aliphatic rings. The van der Waals surface area contributed by atoms with E-state index in [9.17, 15) is 0 Å². The first kappa shape index (κ1) is 9.93. The number of hydrogen-bond donors (Lipinski definition) is 1. The molecule has 1 heterocycles. The number of methoxy groups -OCH3 is 1. The molecule has 15 heavy (non-hydrogen) atoms. The molecule has 2 aromatic rings. The molecule has 1 aromatic carbocycles. The van der Waals surface area contributed by atoms with Gasteiger partial charge >= 0.3 is 0 Å². The van der Waals surface area contributed by atoms with Crippen molar-refractivity contribution in [3.05, 3.63) is 36.0 Å². The number of nitrogens with zero attached hydrogens (tertiary/aromatic N) is 1. The van der Waals surface area contributed by atoms with E-state index in [1.165, 1.54) is 0 Å². The number of fused-ring (bicyclic) bond motifs is 1. The Kier molecular flexibility index (Phi) is 2.83. The summed E-state index contributed by atoms with van der Waals surface area (Å²) in [5, 5.41) is 10.9. The van der Waals surface area contributed by atoms with Crippen molar-refractivity contribution in [2.45, 2.75) is 6.42 Å². The van der Waals surface area contributed by atoms with Gasteiger partial charge in [0.15, 0.2) is 0 Å². The molecule has 78 valence electrons. The first-order valence-electron chi connectivity index (χ1n) is 4.87. The lowest BCUT2D eigenvalue weighted by Gasteiger charge is -2.05. The van der Waals surface area contributed by atoms with Gasteiger partial charge in [-0.15, -0.1) is 0 Å². The normalized spacial score (nSPS) is 10.5. The predicted molar refractivity (Wildman–Crippen MR) is 59.1 cm³/mol. The highest BCUT2D eigenvalue weighted by Gasteiger charge is 2.02. The van der Waals surface area contributed by atoms with Gasteiger partial charge in [0.1, 0.15) is 0 Å². The zero-order chi connectivity index (χ0) is 10.7. The third kappa shape index (κ3) is 1.92. The van der Waals surface area contributed by atoms with Gasteiger partial charge in [0, 0.05) is 18.2 Å². The van der Waals surface area contributed by atoms with E-state index in [1.807, 2.05) is 18.2 Å². The van der Waals surface area contributed by atoms with Gasteiger partial charge in [-0.3, -0.25) is 0 Å². The third-order valence-corrected chi connectivity index (χ3v) is 2.39. The highest BCUT2D eigenvalue weighted by molar-refractivity contribution is 5.87. The van der Waals surface area contributed by atoms with Crippen LogP contribution in [0.25, 0.3) is 10.8 Å². The average Bonchev–Trinajstić information content (AvgIpc) is 2.28. The SMILES string of the molecule is COc1nccc2cc(CCO)ccc12. The van der Waals surface area contributed by atoms with Crippen LogP contribution in [0.1, 0.15) is 5.56 Å². The van der Waals surface area contributed by atoms with Crippen LogP contribution in [0.4, 0.5) is 0 Å². The zero-order valence-corrected chi connectivity index (χ0v) is 8.60. The van der Waals surface area contributed by atoms with Crippen LogP contribution in [-0.2, 0) is 6.42 Å². The summed E-state index contributed by atoms with van der Waals surface area (Å²) in [5.41, 5.74) is 1.12. The molecule has 0 spiro atoms. The molecular weight excluding hydrogens is 190 g/mol. The maximum Gasteiger partial charge on any atom is 0.221 e. The first-order valence-corrected chi connectivity index (χ1v) is 4.87. The topological polar surface area (TPSA) is 42.4 Å². The lowest BCUT2D eigenvalue weighted by Crippen LogP contribution is -1.92. The first-order chi connectivity index (χ1) is 7.35. The number of ether oxygens (including phenoxy) is 1. The molecule has 3 nitrogen and oxygen atoms in total. The highest BCUT2D eigenvalue weighted by atomic mass is 16.5. The van der Waals surface area contributed by atoms with Gasteiger partial charge in [-0.05, 0) is 29.5 Å². The highest BCUT2D eigenvalue weighted by Crippen LogP contribution is 2.23. The van der Waals surface area contributed by atoms with Crippen LogP contribution < -0.4 is 4.74 Å². The summed E-state index contributed by atoms with van der Waals surface area (Å²) in [6, 6.07) is 7.96. The van der Waals surface area contributed by atoms with Crippen molar-refractivity contribution >= 4 is 10.8 Å². The molecule has 0 saturated carbocycles. The van der Waals surface area contributed by atoms with Crippen molar-refractivity contribution in [3.63, 3.8) is 0 Å². The Hall–Kier alpha value is -1.61. The molecule has 0 unspecified atom stereocenters. The van der Waals surface area contributed by atoms with Crippen LogP contribution in [0.2, 0.25) is 0 Å². The van der Waals surface area contributed by atoms with E-state index in [4.69, 9.17) is 9.84 Å². The molecule has 0 bridgehead atoms. The standard InChI is InChI=1S/C12H13NO2/c1-15-12-11-3-2-9(5-7-14)8-10(11)4-6-13-12/h2-4,6,8,14H,5,7H2,1H3. The number of hydrogen-bond acceptors (Lipinski definition) is 3. The van der Waals surface area contributed by atoms with E-state index in [-0.39, 0.29) is 6.61 Å². The van der Waals surface area contributed by atoms with Crippen molar-refractivity contribution in [1.82, 2.24) is 4.98 Å². The minimum atomic E-state index is 0.174. The minimum absolute atomic E-state index is 0.174.